The van der Waals surface area contributed by atoms with Crippen molar-refractivity contribution in [3.63, 3.8) is 0 Å². The molecule has 2 unspecified atom stereocenters. The van der Waals surface area contributed by atoms with Crippen LogP contribution in [0.4, 0.5) is 0 Å². The molecule has 6 heteroatoms. The van der Waals surface area contributed by atoms with Gasteiger partial charge in [-0.1, -0.05) is 6.07 Å². The second-order valence-electron chi connectivity index (χ2n) is 6.15. The van der Waals surface area contributed by atoms with Gasteiger partial charge in [0.1, 0.15) is 5.75 Å². The fourth-order valence-electron chi connectivity index (χ4n) is 2.90. The summed E-state index contributed by atoms with van der Waals surface area (Å²) in [6.07, 6.45) is 4.43. The summed E-state index contributed by atoms with van der Waals surface area (Å²) in [6, 6.07) is 6.71. The number of rotatable bonds is 6. The molecule has 0 spiro atoms. The Bertz CT molecular complexity index is 584. The summed E-state index contributed by atoms with van der Waals surface area (Å²) in [4.78, 5) is 22.9. The van der Waals surface area contributed by atoms with Crippen LogP contribution in [0.2, 0.25) is 0 Å². The SMILES string of the molecule is O=C(O)COc1cccc(C(=O)NC2CCOC(C3CC3)C2)c1. The predicted octanol–water partition coefficient (Wildman–Crippen LogP) is 1.84. The second-order valence-corrected chi connectivity index (χ2v) is 6.15. The molecule has 2 aliphatic rings. The molecule has 1 saturated carbocycles. The van der Waals surface area contributed by atoms with Crippen molar-refractivity contribution in [1.29, 1.82) is 0 Å². The third-order valence-corrected chi connectivity index (χ3v) is 4.26. The highest BCUT2D eigenvalue weighted by atomic mass is 16.5. The van der Waals surface area contributed by atoms with Crippen LogP contribution in [0.5, 0.6) is 5.75 Å². The van der Waals surface area contributed by atoms with Crippen molar-refractivity contribution >= 4 is 11.9 Å². The first-order chi connectivity index (χ1) is 11.1. The van der Waals surface area contributed by atoms with Gasteiger partial charge in [-0.05, 0) is 49.8 Å². The third-order valence-electron chi connectivity index (χ3n) is 4.26. The first-order valence-corrected chi connectivity index (χ1v) is 7.99. The van der Waals surface area contributed by atoms with Gasteiger partial charge in [-0.3, -0.25) is 4.79 Å². The number of carboxylic acid groups (broad SMARTS) is 1. The maximum Gasteiger partial charge on any atom is 0.341 e. The largest absolute Gasteiger partial charge is 0.482 e. The molecular formula is C17H21NO5. The second kappa shape index (κ2) is 7.00. The average Bonchev–Trinajstić information content (AvgIpc) is 3.38. The van der Waals surface area contributed by atoms with Crippen LogP contribution < -0.4 is 10.1 Å². The maximum atomic E-state index is 12.4. The molecule has 1 aromatic rings. The van der Waals surface area contributed by atoms with Gasteiger partial charge >= 0.3 is 5.97 Å². The Morgan fingerprint density at radius 1 is 1.30 bits per heavy atom. The molecule has 6 nitrogen and oxygen atoms in total. The van der Waals surface area contributed by atoms with Crippen LogP contribution >= 0.6 is 0 Å². The van der Waals surface area contributed by atoms with E-state index in [1.165, 1.54) is 12.8 Å². The smallest absolute Gasteiger partial charge is 0.341 e. The Hall–Kier alpha value is -2.08. The van der Waals surface area contributed by atoms with Gasteiger partial charge in [0.05, 0.1) is 6.10 Å². The molecular weight excluding hydrogens is 298 g/mol. The van der Waals surface area contributed by atoms with E-state index in [1.807, 2.05) is 0 Å². The zero-order valence-electron chi connectivity index (χ0n) is 12.9. The van der Waals surface area contributed by atoms with Gasteiger partial charge in [-0.25, -0.2) is 4.79 Å². The first kappa shape index (κ1) is 15.8. The van der Waals surface area contributed by atoms with E-state index in [-0.39, 0.29) is 18.1 Å². The molecule has 0 bridgehead atoms. The Balaban J connectivity index is 1.56. The molecule has 124 valence electrons. The minimum atomic E-state index is -1.05. The normalized spacial score (nSPS) is 24.0. The van der Waals surface area contributed by atoms with Crippen molar-refractivity contribution in [2.24, 2.45) is 5.92 Å². The quantitative estimate of drug-likeness (QED) is 0.836. The number of benzene rings is 1. The maximum absolute atomic E-state index is 12.4. The molecule has 0 radical (unpaired) electrons. The molecule has 1 heterocycles. The van der Waals surface area contributed by atoms with E-state index in [0.29, 0.717) is 23.8 Å². The van der Waals surface area contributed by atoms with Crippen molar-refractivity contribution < 1.29 is 24.2 Å². The standard InChI is InChI=1S/C17H21NO5/c19-16(20)10-23-14-3-1-2-12(8-14)17(21)18-13-6-7-22-15(9-13)11-4-5-11/h1-3,8,11,13,15H,4-7,9-10H2,(H,18,21)(H,19,20). The minimum absolute atomic E-state index is 0.130. The summed E-state index contributed by atoms with van der Waals surface area (Å²) in [5.41, 5.74) is 0.474. The molecule has 1 aromatic carbocycles. The lowest BCUT2D eigenvalue weighted by Crippen LogP contribution is -2.42. The summed E-state index contributed by atoms with van der Waals surface area (Å²) >= 11 is 0. The predicted molar refractivity (Wildman–Crippen MR) is 82.5 cm³/mol. The van der Waals surface area contributed by atoms with Gasteiger partial charge in [0.2, 0.25) is 0 Å². The zero-order chi connectivity index (χ0) is 16.2. The van der Waals surface area contributed by atoms with Gasteiger partial charge < -0.3 is 19.9 Å². The lowest BCUT2D eigenvalue weighted by molar-refractivity contribution is -0.139. The molecule has 1 aliphatic heterocycles. The fourth-order valence-corrected chi connectivity index (χ4v) is 2.90. The highest BCUT2D eigenvalue weighted by molar-refractivity contribution is 5.94. The van der Waals surface area contributed by atoms with Gasteiger partial charge in [-0.15, -0.1) is 0 Å². The first-order valence-electron chi connectivity index (χ1n) is 7.99. The van der Waals surface area contributed by atoms with Gasteiger partial charge in [0.15, 0.2) is 6.61 Å². The van der Waals surface area contributed by atoms with E-state index < -0.39 is 12.6 Å². The van der Waals surface area contributed by atoms with Gasteiger partial charge in [0.25, 0.3) is 5.91 Å². The van der Waals surface area contributed by atoms with Crippen LogP contribution in [0.1, 0.15) is 36.0 Å². The van der Waals surface area contributed by atoms with E-state index in [9.17, 15) is 9.59 Å². The topological polar surface area (TPSA) is 84.9 Å². The van der Waals surface area contributed by atoms with Crippen LogP contribution in [0, 0.1) is 5.92 Å². The van der Waals surface area contributed by atoms with Crippen molar-refractivity contribution in [3.05, 3.63) is 29.8 Å². The lowest BCUT2D eigenvalue weighted by Gasteiger charge is -2.30. The van der Waals surface area contributed by atoms with Crippen molar-refractivity contribution in [2.45, 2.75) is 37.8 Å². The van der Waals surface area contributed by atoms with E-state index in [2.05, 4.69) is 5.32 Å². The summed E-state index contributed by atoms with van der Waals surface area (Å²) in [7, 11) is 0. The lowest BCUT2D eigenvalue weighted by atomic mass is 9.99. The number of aliphatic carboxylic acids is 1. The molecule has 2 fully saturated rings. The Morgan fingerprint density at radius 2 is 2.13 bits per heavy atom. The fraction of sp³-hybridized carbons (Fsp3) is 0.529. The number of nitrogens with one attached hydrogen (secondary N) is 1. The number of carbonyl (C=O) groups is 2. The number of carboxylic acids is 1. The van der Waals surface area contributed by atoms with Gasteiger partial charge in [0, 0.05) is 18.2 Å². The summed E-state index contributed by atoms with van der Waals surface area (Å²) in [5, 5.41) is 11.7. The highest BCUT2D eigenvalue weighted by Crippen LogP contribution is 2.38. The molecule has 23 heavy (non-hydrogen) atoms. The highest BCUT2D eigenvalue weighted by Gasteiger charge is 2.36. The number of amides is 1. The van der Waals surface area contributed by atoms with E-state index in [1.54, 1.807) is 24.3 Å². The summed E-state index contributed by atoms with van der Waals surface area (Å²) in [6.45, 7) is 0.266. The minimum Gasteiger partial charge on any atom is -0.482 e. The van der Waals surface area contributed by atoms with E-state index in [4.69, 9.17) is 14.6 Å². The van der Waals surface area contributed by atoms with Crippen LogP contribution in [-0.2, 0) is 9.53 Å². The molecule has 1 saturated heterocycles. The number of hydrogen-bond acceptors (Lipinski definition) is 4. The van der Waals surface area contributed by atoms with Gasteiger partial charge in [-0.2, -0.15) is 0 Å². The Morgan fingerprint density at radius 3 is 2.87 bits per heavy atom. The number of carbonyl (C=O) groups excluding carboxylic acids is 1. The average molecular weight is 319 g/mol. The molecule has 1 amide bonds. The zero-order valence-corrected chi connectivity index (χ0v) is 12.9. The van der Waals surface area contributed by atoms with Crippen molar-refractivity contribution in [3.8, 4) is 5.75 Å². The number of hydrogen-bond donors (Lipinski definition) is 2. The monoisotopic (exact) mass is 319 g/mol. The van der Waals surface area contributed by atoms with E-state index in [0.717, 1.165) is 12.8 Å². The van der Waals surface area contributed by atoms with Crippen molar-refractivity contribution in [2.75, 3.05) is 13.2 Å². The summed E-state index contributed by atoms with van der Waals surface area (Å²) < 4.78 is 10.9. The summed E-state index contributed by atoms with van der Waals surface area (Å²) in [5.74, 6) is -0.161. The molecule has 3 rings (SSSR count). The molecule has 2 N–H and O–H groups in total. The van der Waals surface area contributed by atoms with Crippen LogP contribution in [-0.4, -0.2) is 42.3 Å². The Kier molecular flexibility index (Phi) is 4.81. The Labute approximate surface area is 134 Å². The van der Waals surface area contributed by atoms with E-state index >= 15 is 0 Å². The van der Waals surface area contributed by atoms with Crippen molar-refractivity contribution in [1.82, 2.24) is 5.32 Å². The number of ether oxygens (including phenoxy) is 2. The molecule has 1 aliphatic carbocycles. The molecule has 2 atom stereocenters. The van der Waals surface area contributed by atoms with Crippen LogP contribution in [0.25, 0.3) is 0 Å². The van der Waals surface area contributed by atoms with Crippen LogP contribution in [0.15, 0.2) is 24.3 Å². The van der Waals surface area contributed by atoms with Crippen LogP contribution in [0.3, 0.4) is 0 Å². The molecule has 0 aromatic heterocycles. The third kappa shape index (κ3) is 4.45.